The molecule has 1 saturated heterocycles. The average molecular weight is 263 g/mol. The minimum atomic E-state index is -0.211. The van der Waals surface area contributed by atoms with Crippen molar-refractivity contribution in [1.29, 1.82) is 0 Å². The Morgan fingerprint density at radius 3 is 3.11 bits per heavy atom. The number of piperidine rings is 1. The third-order valence-corrected chi connectivity index (χ3v) is 3.14. The summed E-state index contributed by atoms with van der Waals surface area (Å²) in [5.74, 6) is 0.702. The van der Waals surface area contributed by atoms with Gasteiger partial charge in [0.2, 0.25) is 5.91 Å². The summed E-state index contributed by atoms with van der Waals surface area (Å²) in [4.78, 5) is 11.7. The van der Waals surface area contributed by atoms with Crippen LogP contribution in [0.2, 0.25) is 0 Å². The Kier molecular flexibility index (Phi) is 4.49. The molecule has 0 saturated carbocycles. The molecular formula is C14H21N3O2. The number of nitrogens with one attached hydrogen (secondary N) is 2. The summed E-state index contributed by atoms with van der Waals surface area (Å²) in [6.45, 7) is 3.44. The second kappa shape index (κ2) is 6.31. The zero-order chi connectivity index (χ0) is 13.7. The van der Waals surface area contributed by atoms with Gasteiger partial charge in [0.1, 0.15) is 11.8 Å². The summed E-state index contributed by atoms with van der Waals surface area (Å²) >= 11 is 0. The third kappa shape index (κ3) is 3.30. The molecule has 0 bridgehead atoms. The molecule has 0 spiro atoms. The Balaban J connectivity index is 2.09. The molecule has 1 atom stereocenters. The molecule has 0 aliphatic carbocycles. The van der Waals surface area contributed by atoms with E-state index in [1.54, 1.807) is 0 Å². The fourth-order valence-corrected chi connectivity index (χ4v) is 2.11. The van der Waals surface area contributed by atoms with E-state index in [0.717, 1.165) is 31.5 Å². The van der Waals surface area contributed by atoms with E-state index in [4.69, 9.17) is 10.5 Å². The Morgan fingerprint density at radius 1 is 1.53 bits per heavy atom. The van der Waals surface area contributed by atoms with Crippen LogP contribution in [0.1, 0.15) is 26.2 Å². The fraction of sp³-hybridized carbons (Fsp3) is 0.500. The van der Waals surface area contributed by atoms with E-state index in [-0.39, 0.29) is 11.9 Å². The Hall–Kier alpha value is -1.91. The molecule has 19 heavy (non-hydrogen) atoms. The molecular weight excluding hydrogens is 242 g/mol. The number of anilines is 2. The van der Waals surface area contributed by atoms with E-state index in [1.165, 1.54) is 0 Å². The minimum Gasteiger partial charge on any atom is -0.491 e. The summed E-state index contributed by atoms with van der Waals surface area (Å²) in [7, 11) is 0. The number of hydrogen-bond donors (Lipinski definition) is 3. The van der Waals surface area contributed by atoms with E-state index in [1.807, 2.05) is 25.1 Å². The molecule has 0 aromatic heterocycles. The second-order valence-corrected chi connectivity index (χ2v) is 4.70. The predicted octanol–water partition coefficient (Wildman–Crippen LogP) is 1.75. The lowest BCUT2D eigenvalue weighted by molar-refractivity contribution is -0.123. The SMILES string of the molecule is CCCOc1cccc(NC2CCCNC2=O)c1N. The molecule has 1 aromatic carbocycles. The van der Waals surface area contributed by atoms with Crippen molar-refractivity contribution in [3.63, 3.8) is 0 Å². The monoisotopic (exact) mass is 263 g/mol. The van der Waals surface area contributed by atoms with Crippen LogP contribution in [0.3, 0.4) is 0 Å². The van der Waals surface area contributed by atoms with Gasteiger partial charge in [-0.15, -0.1) is 0 Å². The highest BCUT2D eigenvalue weighted by atomic mass is 16.5. The number of rotatable bonds is 5. The minimum absolute atomic E-state index is 0.0329. The zero-order valence-corrected chi connectivity index (χ0v) is 11.2. The van der Waals surface area contributed by atoms with E-state index in [0.29, 0.717) is 18.0 Å². The first kappa shape index (κ1) is 13.5. The van der Waals surface area contributed by atoms with Crippen LogP contribution in [0.25, 0.3) is 0 Å². The highest BCUT2D eigenvalue weighted by Crippen LogP contribution is 2.30. The fourth-order valence-electron chi connectivity index (χ4n) is 2.11. The maximum Gasteiger partial charge on any atom is 0.242 e. The summed E-state index contributed by atoms with van der Waals surface area (Å²) in [5, 5.41) is 6.05. The van der Waals surface area contributed by atoms with E-state index < -0.39 is 0 Å². The van der Waals surface area contributed by atoms with Gasteiger partial charge >= 0.3 is 0 Å². The molecule has 1 aliphatic rings. The molecule has 1 aliphatic heterocycles. The van der Waals surface area contributed by atoms with Gasteiger partial charge in [-0.3, -0.25) is 4.79 Å². The van der Waals surface area contributed by atoms with Crippen LogP contribution in [0.5, 0.6) is 5.75 Å². The largest absolute Gasteiger partial charge is 0.491 e. The van der Waals surface area contributed by atoms with Crippen LogP contribution in [-0.4, -0.2) is 25.1 Å². The molecule has 1 amide bonds. The van der Waals surface area contributed by atoms with Crippen molar-refractivity contribution in [2.45, 2.75) is 32.2 Å². The maximum atomic E-state index is 11.7. The van der Waals surface area contributed by atoms with Gasteiger partial charge in [0.05, 0.1) is 18.0 Å². The zero-order valence-electron chi connectivity index (χ0n) is 11.2. The van der Waals surface area contributed by atoms with Crippen molar-refractivity contribution >= 4 is 17.3 Å². The predicted molar refractivity (Wildman–Crippen MR) is 76.3 cm³/mol. The van der Waals surface area contributed by atoms with Crippen LogP contribution in [0, 0.1) is 0 Å². The standard InChI is InChI=1S/C14H21N3O2/c1-2-9-19-12-7-3-5-10(13(12)15)17-11-6-4-8-16-14(11)18/h3,5,7,11,17H,2,4,6,8-9,15H2,1H3,(H,16,18). The van der Waals surface area contributed by atoms with Gasteiger partial charge in [0, 0.05) is 6.54 Å². The molecule has 4 N–H and O–H groups in total. The number of carbonyl (C=O) groups is 1. The Labute approximate surface area is 113 Å². The number of nitrogens with two attached hydrogens (primary N) is 1. The average Bonchev–Trinajstić information content (AvgIpc) is 2.42. The van der Waals surface area contributed by atoms with Gasteiger partial charge in [0.15, 0.2) is 0 Å². The van der Waals surface area contributed by atoms with Crippen LogP contribution < -0.4 is 21.1 Å². The first-order valence-electron chi connectivity index (χ1n) is 6.78. The summed E-state index contributed by atoms with van der Waals surface area (Å²) in [6, 6.07) is 5.38. The number of carbonyl (C=O) groups excluding carboxylic acids is 1. The maximum absolute atomic E-state index is 11.7. The second-order valence-electron chi connectivity index (χ2n) is 4.70. The summed E-state index contributed by atoms with van der Waals surface area (Å²) in [6.07, 6.45) is 2.74. The topological polar surface area (TPSA) is 76.4 Å². The number of para-hydroxylation sites is 1. The first-order valence-corrected chi connectivity index (χ1v) is 6.78. The molecule has 1 fully saturated rings. The molecule has 1 aromatic rings. The van der Waals surface area contributed by atoms with Crippen molar-refractivity contribution in [2.75, 3.05) is 24.2 Å². The normalized spacial score (nSPS) is 18.8. The van der Waals surface area contributed by atoms with Crippen molar-refractivity contribution < 1.29 is 9.53 Å². The van der Waals surface area contributed by atoms with E-state index in [9.17, 15) is 4.79 Å². The summed E-state index contributed by atoms with van der Waals surface area (Å²) < 4.78 is 5.58. The van der Waals surface area contributed by atoms with Gasteiger partial charge in [-0.2, -0.15) is 0 Å². The lowest BCUT2D eigenvalue weighted by Gasteiger charge is -2.24. The van der Waals surface area contributed by atoms with Gasteiger partial charge in [-0.05, 0) is 31.4 Å². The quantitative estimate of drug-likeness (QED) is 0.707. The highest BCUT2D eigenvalue weighted by Gasteiger charge is 2.22. The smallest absolute Gasteiger partial charge is 0.242 e. The van der Waals surface area contributed by atoms with Crippen LogP contribution in [0.15, 0.2) is 18.2 Å². The van der Waals surface area contributed by atoms with Crippen LogP contribution in [0.4, 0.5) is 11.4 Å². The van der Waals surface area contributed by atoms with E-state index >= 15 is 0 Å². The molecule has 5 nitrogen and oxygen atoms in total. The molecule has 2 rings (SSSR count). The van der Waals surface area contributed by atoms with Crippen molar-refractivity contribution in [3.8, 4) is 5.75 Å². The molecule has 5 heteroatoms. The lowest BCUT2D eigenvalue weighted by Crippen LogP contribution is -2.44. The lowest BCUT2D eigenvalue weighted by atomic mass is 10.1. The van der Waals surface area contributed by atoms with Crippen molar-refractivity contribution in [3.05, 3.63) is 18.2 Å². The summed E-state index contributed by atoms with van der Waals surface area (Å²) in [5.41, 5.74) is 7.39. The Bertz CT molecular complexity index is 448. The number of nitrogen functional groups attached to an aromatic ring is 1. The Morgan fingerprint density at radius 2 is 2.37 bits per heavy atom. The van der Waals surface area contributed by atoms with Crippen LogP contribution >= 0.6 is 0 Å². The van der Waals surface area contributed by atoms with Gasteiger partial charge in [0.25, 0.3) is 0 Å². The molecule has 1 unspecified atom stereocenters. The van der Waals surface area contributed by atoms with Crippen molar-refractivity contribution in [2.24, 2.45) is 0 Å². The van der Waals surface area contributed by atoms with Crippen LogP contribution in [-0.2, 0) is 4.79 Å². The van der Waals surface area contributed by atoms with Gasteiger partial charge in [-0.25, -0.2) is 0 Å². The molecule has 0 radical (unpaired) electrons. The molecule has 104 valence electrons. The van der Waals surface area contributed by atoms with E-state index in [2.05, 4.69) is 10.6 Å². The number of amides is 1. The highest BCUT2D eigenvalue weighted by molar-refractivity contribution is 5.87. The number of benzene rings is 1. The van der Waals surface area contributed by atoms with Gasteiger partial charge in [-0.1, -0.05) is 13.0 Å². The van der Waals surface area contributed by atoms with Crippen molar-refractivity contribution in [1.82, 2.24) is 5.32 Å². The number of hydrogen-bond acceptors (Lipinski definition) is 4. The molecule has 1 heterocycles. The number of ether oxygens (including phenoxy) is 1. The first-order chi connectivity index (χ1) is 9.22. The third-order valence-electron chi connectivity index (χ3n) is 3.14. The van der Waals surface area contributed by atoms with Gasteiger partial charge < -0.3 is 21.1 Å².